The Balaban J connectivity index is 1.80. The van der Waals surface area contributed by atoms with E-state index in [1.165, 1.54) is 5.56 Å². The molecule has 0 saturated carbocycles. The summed E-state index contributed by atoms with van der Waals surface area (Å²) in [5, 5.41) is 11.0. The zero-order valence-corrected chi connectivity index (χ0v) is 10.2. The van der Waals surface area contributed by atoms with E-state index in [-0.39, 0.29) is 5.78 Å². The summed E-state index contributed by atoms with van der Waals surface area (Å²) in [6.45, 7) is 0.955. The number of rotatable bonds is 3. The Kier molecular flexibility index (Phi) is 2.59. The second-order valence-corrected chi connectivity index (χ2v) is 4.53. The molecule has 1 aromatic carbocycles. The van der Waals surface area contributed by atoms with Gasteiger partial charge in [-0.1, -0.05) is 17.3 Å². The molecule has 0 amide bonds. The van der Waals surface area contributed by atoms with Gasteiger partial charge in [-0.15, -0.1) is 5.10 Å². The molecule has 0 radical (unpaired) electrons. The molecule has 1 aliphatic rings. The van der Waals surface area contributed by atoms with Gasteiger partial charge in [-0.3, -0.25) is 9.48 Å². The number of anilines is 1. The molecule has 0 spiro atoms. The van der Waals surface area contributed by atoms with Crippen LogP contribution in [-0.2, 0) is 19.9 Å². The van der Waals surface area contributed by atoms with Gasteiger partial charge >= 0.3 is 0 Å². The van der Waals surface area contributed by atoms with Crippen LogP contribution >= 0.6 is 0 Å². The lowest BCUT2D eigenvalue weighted by Crippen LogP contribution is -2.04. The zero-order valence-electron chi connectivity index (χ0n) is 10.2. The predicted molar refractivity (Wildman–Crippen MR) is 67.7 cm³/mol. The highest BCUT2D eigenvalue weighted by atomic mass is 16.1. The highest BCUT2D eigenvalue weighted by molar-refractivity contribution is 5.98. The van der Waals surface area contributed by atoms with E-state index in [4.69, 9.17) is 0 Å². The van der Waals surface area contributed by atoms with E-state index < -0.39 is 0 Å². The normalized spacial score (nSPS) is 13.2. The minimum Gasteiger partial charge on any atom is -0.384 e. The van der Waals surface area contributed by atoms with E-state index >= 15 is 0 Å². The first-order chi connectivity index (χ1) is 8.72. The quantitative estimate of drug-likeness (QED) is 0.822. The Morgan fingerprint density at radius 2 is 2.39 bits per heavy atom. The summed E-state index contributed by atoms with van der Waals surface area (Å²) in [4.78, 5) is 12.1. The summed E-state index contributed by atoms with van der Waals surface area (Å²) in [6.07, 6.45) is 3.10. The molecular weight excluding hydrogens is 228 g/mol. The summed E-state index contributed by atoms with van der Waals surface area (Å²) >= 11 is 0. The molecule has 0 fully saturated rings. The van der Waals surface area contributed by atoms with Crippen LogP contribution in [-0.4, -0.2) is 27.3 Å². The fraction of sp³-hybridized carbons (Fsp3) is 0.308. The summed E-state index contributed by atoms with van der Waals surface area (Å²) < 4.78 is 1.60. The van der Waals surface area contributed by atoms with Crippen molar-refractivity contribution in [1.29, 1.82) is 0 Å². The maximum atomic E-state index is 12.1. The molecule has 2 heterocycles. The Morgan fingerprint density at radius 3 is 3.17 bits per heavy atom. The van der Waals surface area contributed by atoms with Gasteiger partial charge in [-0.2, -0.15) is 0 Å². The van der Waals surface area contributed by atoms with Crippen LogP contribution in [0.3, 0.4) is 0 Å². The summed E-state index contributed by atoms with van der Waals surface area (Å²) in [5.41, 5.74) is 3.80. The number of hydrogen-bond donors (Lipinski definition) is 1. The Bertz CT molecular complexity index is 603. The molecule has 0 aliphatic carbocycles. The maximum Gasteiger partial charge on any atom is 0.169 e. The summed E-state index contributed by atoms with van der Waals surface area (Å²) in [6, 6.07) is 5.85. The van der Waals surface area contributed by atoms with Crippen molar-refractivity contribution in [1.82, 2.24) is 15.0 Å². The first-order valence-corrected chi connectivity index (χ1v) is 5.97. The second kappa shape index (κ2) is 4.25. The van der Waals surface area contributed by atoms with Crippen molar-refractivity contribution in [2.45, 2.75) is 12.8 Å². The highest BCUT2D eigenvalue weighted by Crippen LogP contribution is 2.23. The molecule has 0 atom stereocenters. The predicted octanol–water partition coefficient (Wildman–Crippen LogP) is 1.21. The van der Waals surface area contributed by atoms with Crippen LogP contribution in [0.5, 0.6) is 0 Å². The number of nitrogens with one attached hydrogen (secondary N) is 1. The van der Waals surface area contributed by atoms with Crippen LogP contribution in [0.25, 0.3) is 0 Å². The minimum absolute atomic E-state index is 0.0759. The van der Waals surface area contributed by atoms with E-state index in [9.17, 15) is 4.79 Å². The molecule has 92 valence electrons. The number of carbonyl (C=O) groups is 1. The molecule has 5 nitrogen and oxygen atoms in total. The Morgan fingerprint density at radius 1 is 1.50 bits per heavy atom. The second-order valence-electron chi connectivity index (χ2n) is 4.53. The van der Waals surface area contributed by atoms with Gasteiger partial charge in [-0.25, -0.2) is 0 Å². The zero-order chi connectivity index (χ0) is 12.5. The van der Waals surface area contributed by atoms with Gasteiger partial charge in [0, 0.05) is 31.0 Å². The first kappa shape index (κ1) is 11.0. The van der Waals surface area contributed by atoms with Gasteiger partial charge < -0.3 is 5.32 Å². The van der Waals surface area contributed by atoms with Gasteiger partial charge in [0.25, 0.3) is 0 Å². The number of ketones is 1. The molecule has 1 N–H and O–H groups in total. The number of carbonyl (C=O) groups excluding carboxylic acids is 1. The molecular formula is C13H14N4O. The number of Topliss-reactive ketones (excluding diaryl/α,β-unsaturated/α-hetero) is 1. The lowest BCUT2D eigenvalue weighted by Gasteiger charge is -2.03. The smallest absolute Gasteiger partial charge is 0.169 e. The molecule has 0 unspecified atom stereocenters. The molecule has 2 aromatic rings. The fourth-order valence-electron chi connectivity index (χ4n) is 2.21. The topological polar surface area (TPSA) is 59.8 Å². The third-order valence-electron chi connectivity index (χ3n) is 3.13. The van der Waals surface area contributed by atoms with Gasteiger partial charge in [-0.05, 0) is 18.1 Å². The van der Waals surface area contributed by atoms with E-state index in [2.05, 4.69) is 15.6 Å². The maximum absolute atomic E-state index is 12.1. The Hall–Kier alpha value is -2.17. The molecule has 3 rings (SSSR count). The lowest BCUT2D eigenvalue weighted by atomic mass is 10.0. The van der Waals surface area contributed by atoms with Gasteiger partial charge in [0.15, 0.2) is 5.78 Å². The van der Waals surface area contributed by atoms with E-state index in [0.29, 0.717) is 12.1 Å². The largest absolute Gasteiger partial charge is 0.384 e. The van der Waals surface area contributed by atoms with Gasteiger partial charge in [0.1, 0.15) is 0 Å². The third kappa shape index (κ3) is 1.99. The first-order valence-electron chi connectivity index (χ1n) is 5.97. The van der Waals surface area contributed by atoms with Crippen LogP contribution < -0.4 is 5.32 Å². The summed E-state index contributed by atoms with van der Waals surface area (Å²) in [5.74, 6) is 0.0759. The van der Waals surface area contributed by atoms with Crippen LogP contribution in [0.15, 0.2) is 24.4 Å². The van der Waals surface area contributed by atoms with Crippen molar-refractivity contribution in [3.05, 3.63) is 41.2 Å². The van der Waals surface area contributed by atoms with Crippen molar-refractivity contribution in [2.75, 3.05) is 11.9 Å². The SMILES string of the molecule is Cn1cc(CC(=O)c2ccc3c(c2)NCC3)nn1. The monoisotopic (exact) mass is 242 g/mol. The van der Waals surface area contributed by atoms with Crippen LogP contribution in [0.2, 0.25) is 0 Å². The van der Waals surface area contributed by atoms with Crippen molar-refractivity contribution in [2.24, 2.45) is 7.05 Å². The number of benzene rings is 1. The van der Waals surface area contributed by atoms with Crippen molar-refractivity contribution in [3.8, 4) is 0 Å². The molecule has 1 aromatic heterocycles. The molecule has 1 aliphatic heterocycles. The molecule has 0 bridgehead atoms. The minimum atomic E-state index is 0.0759. The van der Waals surface area contributed by atoms with Crippen molar-refractivity contribution >= 4 is 11.5 Å². The van der Waals surface area contributed by atoms with Crippen molar-refractivity contribution in [3.63, 3.8) is 0 Å². The number of aromatic nitrogens is 3. The Labute approximate surface area is 105 Å². The molecule has 18 heavy (non-hydrogen) atoms. The molecule has 5 heteroatoms. The fourth-order valence-corrected chi connectivity index (χ4v) is 2.21. The average Bonchev–Trinajstić information content (AvgIpc) is 2.96. The van der Waals surface area contributed by atoms with Crippen LogP contribution in [0.4, 0.5) is 5.69 Å². The average molecular weight is 242 g/mol. The lowest BCUT2D eigenvalue weighted by molar-refractivity contribution is 0.0992. The van der Waals surface area contributed by atoms with Crippen molar-refractivity contribution < 1.29 is 4.79 Å². The third-order valence-corrected chi connectivity index (χ3v) is 3.13. The van der Waals surface area contributed by atoms with E-state index in [0.717, 1.165) is 24.2 Å². The van der Waals surface area contributed by atoms with Gasteiger partial charge in [0.05, 0.1) is 12.1 Å². The standard InChI is InChI=1S/C13H14N4O/c1-17-8-11(15-16-17)7-13(18)10-3-2-9-4-5-14-12(9)6-10/h2-3,6,8,14H,4-5,7H2,1H3. The van der Waals surface area contributed by atoms with Crippen LogP contribution in [0, 0.1) is 0 Å². The molecule has 0 saturated heterocycles. The van der Waals surface area contributed by atoms with E-state index in [1.807, 2.05) is 18.2 Å². The highest BCUT2D eigenvalue weighted by Gasteiger charge is 2.14. The number of hydrogen-bond acceptors (Lipinski definition) is 4. The number of aryl methyl sites for hydroxylation is 1. The number of fused-ring (bicyclic) bond motifs is 1. The van der Waals surface area contributed by atoms with Gasteiger partial charge in [0.2, 0.25) is 0 Å². The number of nitrogens with zero attached hydrogens (tertiary/aromatic N) is 3. The summed E-state index contributed by atoms with van der Waals surface area (Å²) in [7, 11) is 1.79. The van der Waals surface area contributed by atoms with E-state index in [1.54, 1.807) is 17.9 Å². The van der Waals surface area contributed by atoms with Crippen LogP contribution in [0.1, 0.15) is 21.6 Å².